The lowest BCUT2D eigenvalue weighted by atomic mass is 9.46. The highest BCUT2D eigenvalue weighted by Crippen LogP contribution is 2.67. The second-order valence-electron chi connectivity index (χ2n) is 12.6. The molecule has 3 fully saturated rings. The van der Waals surface area contributed by atoms with Crippen molar-refractivity contribution in [2.75, 3.05) is 0 Å². The molecule has 172 valence electrons. The quantitative estimate of drug-likeness (QED) is 0.519. The van der Waals surface area contributed by atoms with Crippen molar-refractivity contribution in [3.63, 3.8) is 0 Å². The molecule has 4 aliphatic carbocycles. The second-order valence-corrected chi connectivity index (χ2v) is 12.6. The van der Waals surface area contributed by atoms with Gasteiger partial charge in [0.15, 0.2) is 0 Å². The molecule has 3 nitrogen and oxygen atoms in total. The van der Waals surface area contributed by atoms with Crippen LogP contribution in [0.2, 0.25) is 0 Å². The zero-order valence-corrected chi connectivity index (χ0v) is 20.0. The van der Waals surface area contributed by atoms with Crippen LogP contribution in [0.5, 0.6) is 0 Å². The lowest BCUT2D eigenvalue weighted by Gasteiger charge is -2.59. The molecule has 0 aromatic heterocycles. The van der Waals surface area contributed by atoms with Crippen LogP contribution < -0.4 is 0 Å². The highest BCUT2D eigenvalue weighted by atomic mass is 16.3. The maximum absolute atomic E-state index is 11.1. The van der Waals surface area contributed by atoms with Crippen molar-refractivity contribution in [3.05, 3.63) is 11.6 Å². The SMILES string of the molecule is C[C@H](CCCC(C)(C)O)[C@H]1CC[C@H]2[C@@H]3CC=C4C[C@H](O)CC(O)[C@]4(C)[C@H]3CC[C@]12C. The molecule has 0 spiro atoms. The summed E-state index contributed by atoms with van der Waals surface area (Å²) in [5.41, 5.74) is 1.10. The summed E-state index contributed by atoms with van der Waals surface area (Å²) in [6.45, 7) is 11.2. The summed E-state index contributed by atoms with van der Waals surface area (Å²) in [5.74, 6) is 3.55. The van der Waals surface area contributed by atoms with E-state index in [2.05, 4.69) is 26.8 Å². The molecule has 0 radical (unpaired) electrons. The predicted molar refractivity (Wildman–Crippen MR) is 122 cm³/mol. The number of hydrogen-bond acceptors (Lipinski definition) is 3. The third-order valence-corrected chi connectivity index (χ3v) is 10.4. The molecule has 0 aromatic rings. The van der Waals surface area contributed by atoms with Crippen LogP contribution in [0.15, 0.2) is 11.6 Å². The second kappa shape index (κ2) is 7.89. The van der Waals surface area contributed by atoms with E-state index < -0.39 is 11.7 Å². The van der Waals surface area contributed by atoms with Gasteiger partial charge in [-0.05, 0) is 93.8 Å². The zero-order chi connectivity index (χ0) is 21.9. The average Bonchev–Trinajstić information content (AvgIpc) is 2.99. The van der Waals surface area contributed by atoms with Gasteiger partial charge in [0.2, 0.25) is 0 Å². The first-order valence-electron chi connectivity index (χ1n) is 12.7. The molecule has 0 heterocycles. The van der Waals surface area contributed by atoms with E-state index in [4.69, 9.17) is 0 Å². The van der Waals surface area contributed by atoms with Gasteiger partial charge >= 0.3 is 0 Å². The molecule has 0 aliphatic heterocycles. The summed E-state index contributed by atoms with van der Waals surface area (Å²) in [4.78, 5) is 0. The summed E-state index contributed by atoms with van der Waals surface area (Å²) >= 11 is 0. The van der Waals surface area contributed by atoms with Crippen LogP contribution in [0.25, 0.3) is 0 Å². The number of fused-ring (bicyclic) bond motifs is 5. The van der Waals surface area contributed by atoms with Crippen LogP contribution in [-0.2, 0) is 0 Å². The molecule has 9 atom stereocenters. The number of aliphatic hydroxyl groups is 3. The third-order valence-electron chi connectivity index (χ3n) is 10.4. The van der Waals surface area contributed by atoms with Crippen LogP contribution in [0, 0.1) is 40.4 Å². The van der Waals surface area contributed by atoms with Gasteiger partial charge in [0.25, 0.3) is 0 Å². The maximum Gasteiger partial charge on any atom is 0.0658 e. The Kier molecular flexibility index (Phi) is 5.99. The molecule has 1 unspecified atom stereocenters. The molecule has 4 rings (SSSR count). The van der Waals surface area contributed by atoms with E-state index in [0.29, 0.717) is 23.7 Å². The molecule has 4 aliphatic rings. The van der Waals surface area contributed by atoms with Gasteiger partial charge in [0.05, 0.1) is 17.8 Å². The van der Waals surface area contributed by atoms with Gasteiger partial charge in [-0.25, -0.2) is 0 Å². The van der Waals surface area contributed by atoms with Gasteiger partial charge in [0, 0.05) is 11.8 Å². The molecule has 3 saturated carbocycles. The molecule has 0 amide bonds. The Morgan fingerprint density at radius 2 is 1.87 bits per heavy atom. The van der Waals surface area contributed by atoms with Crippen molar-refractivity contribution in [2.45, 2.75) is 117 Å². The van der Waals surface area contributed by atoms with Crippen LogP contribution in [0.4, 0.5) is 0 Å². The normalized spacial score (nSPS) is 47.1. The molecule has 0 aromatic carbocycles. The minimum Gasteiger partial charge on any atom is -0.393 e. The van der Waals surface area contributed by atoms with Crippen LogP contribution in [0.1, 0.15) is 98.8 Å². The summed E-state index contributed by atoms with van der Waals surface area (Å²) in [6.07, 6.45) is 12.5. The minimum absolute atomic E-state index is 0.125. The zero-order valence-electron chi connectivity index (χ0n) is 20.0. The largest absolute Gasteiger partial charge is 0.393 e. The van der Waals surface area contributed by atoms with Gasteiger partial charge in [-0.1, -0.05) is 45.3 Å². The highest BCUT2D eigenvalue weighted by Gasteiger charge is 2.60. The molecular formula is C27H46O3. The fourth-order valence-electron chi connectivity index (χ4n) is 8.73. The van der Waals surface area contributed by atoms with E-state index in [0.717, 1.165) is 43.4 Å². The Balaban J connectivity index is 1.50. The van der Waals surface area contributed by atoms with Crippen molar-refractivity contribution >= 4 is 0 Å². The smallest absolute Gasteiger partial charge is 0.0658 e. The Labute approximate surface area is 184 Å². The minimum atomic E-state index is -0.546. The van der Waals surface area contributed by atoms with E-state index in [9.17, 15) is 15.3 Å². The lowest BCUT2D eigenvalue weighted by molar-refractivity contribution is -0.108. The predicted octanol–water partition coefficient (Wildman–Crippen LogP) is 5.47. The van der Waals surface area contributed by atoms with Gasteiger partial charge in [-0.15, -0.1) is 0 Å². The average molecular weight is 419 g/mol. The number of rotatable bonds is 5. The highest BCUT2D eigenvalue weighted by molar-refractivity contribution is 5.27. The van der Waals surface area contributed by atoms with E-state index >= 15 is 0 Å². The standard InChI is InChI=1S/C27H46O3/c1-17(7-6-13-25(2,3)30)21-10-11-22-20-9-8-18-15-19(28)16-24(29)27(18,5)23(20)12-14-26(21,22)4/h8,17,19-24,28-30H,6-7,9-16H2,1-5H3/t17-,19+,20+,21-,22+,23+,24?,26-,27+/m1/s1. The van der Waals surface area contributed by atoms with Crippen LogP contribution >= 0.6 is 0 Å². The first-order valence-corrected chi connectivity index (χ1v) is 12.7. The molecule has 0 saturated heterocycles. The van der Waals surface area contributed by atoms with Gasteiger partial charge < -0.3 is 15.3 Å². The monoisotopic (exact) mass is 418 g/mol. The summed E-state index contributed by atoms with van der Waals surface area (Å²) in [7, 11) is 0. The van der Waals surface area contributed by atoms with Crippen LogP contribution in [0.3, 0.4) is 0 Å². The first-order chi connectivity index (χ1) is 14.0. The van der Waals surface area contributed by atoms with E-state index in [1.807, 2.05) is 13.8 Å². The Hall–Kier alpha value is -0.380. The van der Waals surface area contributed by atoms with E-state index in [-0.39, 0.29) is 11.5 Å². The maximum atomic E-state index is 11.1. The Morgan fingerprint density at radius 1 is 1.13 bits per heavy atom. The van der Waals surface area contributed by atoms with Gasteiger partial charge in [0.1, 0.15) is 0 Å². The summed E-state index contributed by atoms with van der Waals surface area (Å²) < 4.78 is 0. The van der Waals surface area contributed by atoms with Gasteiger partial charge in [-0.3, -0.25) is 0 Å². The summed E-state index contributed by atoms with van der Waals surface area (Å²) in [5, 5.41) is 31.4. The molecule has 3 N–H and O–H groups in total. The number of allylic oxidation sites excluding steroid dienone is 1. The van der Waals surface area contributed by atoms with Crippen molar-refractivity contribution in [3.8, 4) is 0 Å². The first kappa shape index (κ1) is 22.8. The molecular weight excluding hydrogens is 372 g/mol. The summed E-state index contributed by atoms with van der Waals surface area (Å²) in [6, 6.07) is 0. The number of hydrogen-bond donors (Lipinski definition) is 3. The van der Waals surface area contributed by atoms with E-state index in [1.54, 1.807) is 0 Å². The number of aliphatic hydroxyl groups excluding tert-OH is 2. The Bertz CT molecular complexity index is 664. The molecule has 3 heteroatoms. The lowest BCUT2D eigenvalue weighted by Crippen LogP contribution is -2.55. The third kappa shape index (κ3) is 3.71. The van der Waals surface area contributed by atoms with Crippen molar-refractivity contribution in [2.24, 2.45) is 40.4 Å². The molecule has 0 bridgehead atoms. The van der Waals surface area contributed by atoms with Crippen LogP contribution in [-0.4, -0.2) is 33.1 Å². The van der Waals surface area contributed by atoms with Crippen molar-refractivity contribution in [1.29, 1.82) is 0 Å². The topological polar surface area (TPSA) is 60.7 Å². The van der Waals surface area contributed by atoms with E-state index in [1.165, 1.54) is 37.7 Å². The Morgan fingerprint density at radius 3 is 2.57 bits per heavy atom. The van der Waals surface area contributed by atoms with Gasteiger partial charge in [-0.2, -0.15) is 0 Å². The fourth-order valence-corrected chi connectivity index (χ4v) is 8.73. The fraction of sp³-hybridized carbons (Fsp3) is 0.926. The van der Waals surface area contributed by atoms with Crippen molar-refractivity contribution in [1.82, 2.24) is 0 Å². The van der Waals surface area contributed by atoms with Crippen molar-refractivity contribution < 1.29 is 15.3 Å². The molecule has 30 heavy (non-hydrogen) atoms.